The third kappa shape index (κ3) is 2.66. The van der Waals surface area contributed by atoms with E-state index >= 15 is 0 Å². The van der Waals surface area contributed by atoms with Crippen LogP contribution in [0.2, 0.25) is 0 Å². The fourth-order valence-electron chi connectivity index (χ4n) is 8.21. The van der Waals surface area contributed by atoms with Gasteiger partial charge in [-0.05, 0) is 56.1 Å². The lowest BCUT2D eigenvalue weighted by atomic mass is 9.46. The smallest absolute Gasteiger partial charge is 0.281 e. The lowest BCUT2D eigenvalue weighted by Crippen LogP contribution is -2.64. The van der Waals surface area contributed by atoms with Gasteiger partial charge in [0, 0.05) is 23.2 Å². The molecule has 176 valence electrons. The molecule has 0 bridgehead atoms. The Morgan fingerprint density at radius 3 is 2.75 bits per heavy atom. The van der Waals surface area contributed by atoms with E-state index in [0.29, 0.717) is 19.3 Å². The summed E-state index contributed by atoms with van der Waals surface area (Å²) >= 11 is 0. The highest BCUT2D eigenvalue weighted by Crippen LogP contribution is 2.70. The first kappa shape index (κ1) is 22.4. The number of aliphatic hydroxyl groups excluding tert-OH is 2. The minimum atomic E-state index is -1.86. The third-order valence-corrected chi connectivity index (χ3v) is 9.43. The molecule has 0 aromatic rings. The maximum atomic E-state index is 13.3. The number of carbonyl (C=O) groups excluding carboxylic acids is 2. The first-order chi connectivity index (χ1) is 15.0. The molecule has 1 saturated heterocycles. The lowest BCUT2D eigenvalue weighted by molar-refractivity contribution is -0.342. The quantitative estimate of drug-likeness (QED) is 0.606. The van der Waals surface area contributed by atoms with Gasteiger partial charge < -0.3 is 24.8 Å². The van der Waals surface area contributed by atoms with Gasteiger partial charge in [0.05, 0.1) is 6.10 Å². The summed E-state index contributed by atoms with van der Waals surface area (Å²) in [5, 5.41) is 32.4. The highest BCUT2D eigenvalue weighted by molar-refractivity contribution is 6.01. The van der Waals surface area contributed by atoms with E-state index in [9.17, 15) is 24.9 Å². The first-order valence-electron chi connectivity index (χ1n) is 11.9. The summed E-state index contributed by atoms with van der Waals surface area (Å²) in [6, 6.07) is 0. The Morgan fingerprint density at radius 2 is 2.06 bits per heavy atom. The van der Waals surface area contributed by atoms with Gasteiger partial charge >= 0.3 is 0 Å². The zero-order chi connectivity index (χ0) is 23.1. The summed E-state index contributed by atoms with van der Waals surface area (Å²) in [6.45, 7) is 5.25. The van der Waals surface area contributed by atoms with Crippen LogP contribution in [0.5, 0.6) is 0 Å². The number of ether oxygens (including phenoxy) is 2. The second kappa shape index (κ2) is 7.06. The number of fused-ring (bicyclic) bond motifs is 7. The molecule has 32 heavy (non-hydrogen) atoms. The van der Waals surface area contributed by atoms with Gasteiger partial charge in [0.1, 0.15) is 12.7 Å². The van der Waals surface area contributed by atoms with Crippen LogP contribution in [-0.2, 0) is 19.1 Å². The molecule has 0 aromatic heterocycles. The van der Waals surface area contributed by atoms with Crippen LogP contribution >= 0.6 is 0 Å². The number of Topliss-reactive ketones (excluding diaryl/α,β-unsaturated/α-hetero) is 1. The molecule has 0 spiro atoms. The molecule has 3 N–H and O–H groups in total. The maximum Gasteiger partial charge on any atom is 0.281 e. The predicted octanol–water partition coefficient (Wildman–Crippen LogP) is 2.04. The Labute approximate surface area is 188 Å². The third-order valence-electron chi connectivity index (χ3n) is 9.43. The monoisotopic (exact) mass is 446 g/mol. The predicted molar refractivity (Wildman–Crippen MR) is 114 cm³/mol. The van der Waals surface area contributed by atoms with E-state index in [2.05, 4.69) is 6.92 Å². The van der Waals surface area contributed by atoms with Gasteiger partial charge in [0.15, 0.2) is 17.2 Å². The zero-order valence-corrected chi connectivity index (χ0v) is 19.0. The highest BCUT2D eigenvalue weighted by atomic mass is 16.9. The molecule has 5 rings (SSSR count). The van der Waals surface area contributed by atoms with Crippen molar-refractivity contribution in [3.05, 3.63) is 23.8 Å². The zero-order valence-electron chi connectivity index (χ0n) is 19.0. The second-order valence-corrected chi connectivity index (χ2v) is 10.9. The molecule has 0 aromatic carbocycles. The summed E-state index contributed by atoms with van der Waals surface area (Å²) in [5.74, 6) is -2.32. The largest absolute Gasteiger partial charge is 0.393 e. The Morgan fingerprint density at radius 1 is 1.31 bits per heavy atom. The molecule has 7 nitrogen and oxygen atoms in total. The van der Waals surface area contributed by atoms with E-state index in [1.54, 1.807) is 12.2 Å². The van der Waals surface area contributed by atoms with Gasteiger partial charge in [-0.2, -0.15) is 0 Å². The maximum absolute atomic E-state index is 13.3. The van der Waals surface area contributed by atoms with Crippen molar-refractivity contribution in [3.63, 3.8) is 0 Å². The van der Waals surface area contributed by atoms with Crippen LogP contribution in [0, 0.1) is 28.6 Å². The van der Waals surface area contributed by atoms with Crippen LogP contribution < -0.4 is 0 Å². The van der Waals surface area contributed by atoms with E-state index in [4.69, 9.17) is 9.47 Å². The molecule has 5 aliphatic rings. The minimum Gasteiger partial charge on any atom is -0.393 e. The lowest BCUT2D eigenvalue weighted by Gasteiger charge is -2.59. The van der Waals surface area contributed by atoms with E-state index < -0.39 is 47.0 Å². The van der Waals surface area contributed by atoms with Crippen molar-refractivity contribution in [1.82, 2.24) is 0 Å². The van der Waals surface area contributed by atoms with Crippen LogP contribution in [0.15, 0.2) is 23.8 Å². The average molecular weight is 447 g/mol. The molecule has 1 aliphatic heterocycles. The van der Waals surface area contributed by atoms with Crippen LogP contribution in [0.3, 0.4) is 0 Å². The number of allylic oxidation sites excluding steroid dienone is 4. The number of hydrogen-bond donors (Lipinski definition) is 3. The molecule has 4 fully saturated rings. The van der Waals surface area contributed by atoms with E-state index in [-0.39, 0.29) is 30.0 Å². The minimum absolute atomic E-state index is 0.00836. The summed E-state index contributed by atoms with van der Waals surface area (Å²) in [5.41, 5.74) is -1.62. The molecule has 0 amide bonds. The van der Waals surface area contributed by atoms with E-state index in [0.717, 1.165) is 18.4 Å². The summed E-state index contributed by atoms with van der Waals surface area (Å²) < 4.78 is 12.1. The number of carbonyl (C=O) groups is 2. The number of rotatable bonds is 4. The Hall–Kier alpha value is -1.38. The number of ketones is 2. The van der Waals surface area contributed by atoms with Crippen molar-refractivity contribution in [2.45, 2.75) is 83.1 Å². The molecular weight excluding hydrogens is 412 g/mol. The van der Waals surface area contributed by atoms with Gasteiger partial charge in [0.2, 0.25) is 0 Å². The summed E-state index contributed by atoms with van der Waals surface area (Å²) in [7, 11) is 0. The Bertz CT molecular complexity index is 910. The summed E-state index contributed by atoms with van der Waals surface area (Å²) in [6.07, 6.45) is 7.11. The van der Waals surface area contributed by atoms with Crippen LogP contribution in [-0.4, -0.2) is 57.3 Å². The molecule has 9 unspecified atom stereocenters. The molecule has 4 aliphatic carbocycles. The number of aliphatic hydroxyl groups is 3. The SMILES string of the molecule is CCCC1(O)OC2CC3C4CCC5=CC(=O)C=CC5(C)C4C(O)CC3(C)C2(C(=O)CO)O1. The van der Waals surface area contributed by atoms with Crippen molar-refractivity contribution in [2.24, 2.45) is 28.6 Å². The normalized spacial score (nSPS) is 51.5. The molecule has 0 radical (unpaired) electrons. The second-order valence-electron chi connectivity index (χ2n) is 10.9. The molecule has 3 saturated carbocycles. The topological polar surface area (TPSA) is 113 Å². The standard InChI is InChI=1S/C25H34O7/c1-4-8-24(30)31-20-11-17-16-6-5-14-10-15(27)7-9-22(14,2)21(16)18(28)12-23(17,3)25(20,32-24)19(29)13-26/h7,9-10,16-18,20-21,26,28,30H,4-6,8,11-13H2,1-3H3. The summed E-state index contributed by atoms with van der Waals surface area (Å²) in [4.78, 5) is 25.2. The fourth-order valence-corrected chi connectivity index (χ4v) is 8.21. The molecular formula is C25H34O7. The molecule has 1 heterocycles. The van der Waals surface area contributed by atoms with Crippen LogP contribution in [0.1, 0.15) is 59.3 Å². The van der Waals surface area contributed by atoms with Crippen molar-refractivity contribution in [3.8, 4) is 0 Å². The van der Waals surface area contributed by atoms with Crippen molar-refractivity contribution >= 4 is 11.6 Å². The molecule has 7 heteroatoms. The number of hydrogen-bond acceptors (Lipinski definition) is 7. The van der Waals surface area contributed by atoms with Gasteiger partial charge in [-0.3, -0.25) is 9.59 Å². The van der Waals surface area contributed by atoms with Crippen molar-refractivity contribution < 1.29 is 34.4 Å². The molecule has 9 atom stereocenters. The van der Waals surface area contributed by atoms with Crippen LogP contribution in [0.4, 0.5) is 0 Å². The van der Waals surface area contributed by atoms with Gasteiger partial charge in [0.25, 0.3) is 5.97 Å². The van der Waals surface area contributed by atoms with Crippen LogP contribution in [0.25, 0.3) is 0 Å². The highest BCUT2D eigenvalue weighted by Gasteiger charge is 2.77. The average Bonchev–Trinajstić information content (AvgIpc) is 3.15. The Kier molecular flexibility index (Phi) is 4.95. The van der Waals surface area contributed by atoms with Gasteiger partial charge in [-0.15, -0.1) is 0 Å². The fraction of sp³-hybridized carbons (Fsp3) is 0.760. The van der Waals surface area contributed by atoms with Gasteiger partial charge in [-0.25, -0.2) is 0 Å². The van der Waals surface area contributed by atoms with Crippen molar-refractivity contribution in [2.75, 3.05) is 6.61 Å². The van der Waals surface area contributed by atoms with E-state index in [1.807, 2.05) is 19.9 Å². The Balaban J connectivity index is 1.57. The van der Waals surface area contributed by atoms with Crippen molar-refractivity contribution in [1.29, 1.82) is 0 Å². The first-order valence-corrected chi connectivity index (χ1v) is 11.9. The van der Waals surface area contributed by atoms with Gasteiger partial charge in [-0.1, -0.05) is 32.4 Å². The van der Waals surface area contributed by atoms with E-state index in [1.165, 1.54) is 0 Å².